The lowest BCUT2D eigenvalue weighted by molar-refractivity contribution is 0.0137. The first-order chi connectivity index (χ1) is 8.72. The fraction of sp³-hybridized carbons (Fsp3) is 0.538. The number of halogens is 1. The lowest BCUT2D eigenvalue weighted by Gasteiger charge is -2.12. The summed E-state index contributed by atoms with van der Waals surface area (Å²) in [5.74, 6) is -0.245. The summed E-state index contributed by atoms with van der Waals surface area (Å²) in [6.07, 6.45) is -0.553. The molecule has 0 saturated carbocycles. The van der Waals surface area contributed by atoms with Crippen LogP contribution in [0.15, 0.2) is 24.3 Å². The summed E-state index contributed by atoms with van der Waals surface area (Å²) < 4.78 is 22.7. The zero-order valence-corrected chi connectivity index (χ0v) is 10.6. The summed E-state index contributed by atoms with van der Waals surface area (Å²) in [6.45, 7) is 2.31. The summed E-state index contributed by atoms with van der Waals surface area (Å²) in [7, 11) is 1.60. The Morgan fingerprint density at radius 2 is 2.00 bits per heavy atom. The Kier molecular flexibility index (Phi) is 7.52. The van der Waals surface area contributed by atoms with Gasteiger partial charge in [0.25, 0.3) is 0 Å². The molecular formula is C13H20FNO3. The number of nitrogens with one attached hydrogen (secondary N) is 1. The van der Waals surface area contributed by atoms with E-state index in [-0.39, 0.29) is 12.4 Å². The molecule has 0 heterocycles. The van der Waals surface area contributed by atoms with Crippen molar-refractivity contribution in [3.63, 3.8) is 0 Å². The molecule has 102 valence electrons. The molecule has 0 saturated heterocycles. The normalized spacial score (nSPS) is 12.6. The highest BCUT2D eigenvalue weighted by atomic mass is 19.1. The average molecular weight is 257 g/mol. The third kappa shape index (κ3) is 6.66. The van der Waals surface area contributed by atoms with Crippen LogP contribution in [-0.4, -0.2) is 44.7 Å². The molecule has 2 N–H and O–H groups in total. The largest absolute Gasteiger partial charge is 0.389 e. The van der Waals surface area contributed by atoms with Crippen LogP contribution < -0.4 is 5.32 Å². The van der Waals surface area contributed by atoms with Crippen LogP contribution in [0.25, 0.3) is 0 Å². The Morgan fingerprint density at radius 3 is 2.67 bits per heavy atom. The highest BCUT2D eigenvalue weighted by molar-refractivity contribution is 5.15. The highest BCUT2D eigenvalue weighted by Crippen LogP contribution is 2.01. The van der Waals surface area contributed by atoms with E-state index in [9.17, 15) is 9.50 Å². The molecule has 18 heavy (non-hydrogen) atoms. The van der Waals surface area contributed by atoms with Gasteiger partial charge in [-0.05, 0) is 17.7 Å². The Hall–Kier alpha value is -1.01. The molecular weight excluding hydrogens is 237 g/mol. The first-order valence-electron chi connectivity index (χ1n) is 5.92. The third-order valence-electron chi connectivity index (χ3n) is 2.36. The molecule has 0 aliphatic heterocycles. The van der Waals surface area contributed by atoms with E-state index in [4.69, 9.17) is 9.47 Å². The smallest absolute Gasteiger partial charge is 0.123 e. The van der Waals surface area contributed by atoms with Crippen LogP contribution in [0.2, 0.25) is 0 Å². The Bertz CT molecular complexity index is 319. The van der Waals surface area contributed by atoms with Gasteiger partial charge in [-0.1, -0.05) is 12.1 Å². The molecule has 0 spiro atoms. The van der Waals surface area contributed by atoms with E-state index < -0.39 is 6.10 Å². The number of ether oxygens (including phenoxy) is 2. The van der Waals surface area contributed by atoms with Gasteiger partial charge in [0.05, 0.1) is 25.9 Å². The Morgan fingerprint density at radius 1 is 1.28 bits per heavy atom. The summed E-state index contributed by atoms with van der Waals surface area (Å²) in [6, 6.07) is 6.26. The van der Waals surface area contributed by atoms with Gasteiger partial charge < -0.3 is 19.9 Å². The second-order valence-electron chi connectivity index (χ2n) is 3.98. The molecule has 1 unspecified atom stereocenters. The van der Waals surface area contributed by atoms with E-state index in [1.807, 2.05) is 0 Å². The van der Waals surface area contributed by atoms with Crippen LogP contribution in [-0.2, 0) is 16.0 Å². The summed E-state index contributed by atoms with van der Waals surface area (Å²) >= 11 is 0. The predicted octanol–water partition coefficient (Wildman–Crippen LogP) is 0.939. The van der Waals surface area contributed by atoms with E-state index in [1.165, 1.54) is 12.1 Å². The first-order valence-corrected chi connectivity index (χ1v) is 5.92. The number of hydrogen-bond donors (Lipinski definition) is 2. The van der Waals surface area contributed by atoms with Crippen LogP contribution in [0.5, 0.6) is 0 Å². The molecule has 5 heteroatoms. The van der Waals surface area contributed by atoms with Crippen molar-refractivity contribution in [2.45, 2.75) is 12.6 Å². The van der Waals surface area contributed by atoms with Gasteiger partial charge in [-0.3, -0.25) is 0 Å². The lowest BCUT2D eigenvalue weighted by Crippen LogP contribution is -2.30. The predicted molar refractivity (Wildman–Crippen MR) is 66.8 cm³/mol. The van der Waals surface area contributed by atoms with Gasteiger partial charge in [0, 0.05) is 20.2 Å². The van der Waals surface area contributed by atoms with Crippen molar-refractivity contribution in [3.8, 4) is 0 Å². The van der Waals surface area contributed by atoms with Crippen molar-refractivity contribution in [2.75, 3.05) is 33.5 Å². The topological polar surface area (TPSA) is 50.7 Å². The molecule has 1 rings (SSSR count). The molecule has 0 fully saturated rings. The SMILES string of the molecule is COCCOCC(O)CNCc1ccc(F)cc1. The van der Waals surface area contributed by atoms with Crippen molar-refractivity contribution in [3.05, 3.63) is 35.6 Å². The van der Waals surface area contributed by atoms with Gasteiger partial charge in [0.1, 0.15) is 5.82 Å². The molecule has 0 bridgehead atoms. The van der Waals surface area contributed by atoms with Crippen molar-refractivity contribution < 1.29 is 19.0 Å². The molecule has 4 nitrogen and oxygen atoms in total. The standard InChI is InChI=1S/C13H20FNO3/c1-17-6-7-18-10-13(16)9-15-8-11-2-4-12(14)5-3-11/h2-5,13,15-16H,6-10H2,1H3. The zero-order chi connectivity index (χ0) is 13.2. The van der Waals surface area contributed by atoms with E-state index in [0.717, 1.165) is 5.56 Å². The van der Waals surface area contributed by atoms with Gasteiger partial charge in [-0.2, -0.15) is 0 Å². The maximum absolute atomic E-state index is 12.7. The first kappa shape index (κ1) is 15.0. The van der Waals surface area contributed by atoms with E-state index >= 15 is 0 Å². The van der Waals surface area contributed by atoms with Crippen LogP contribution >= 0.6 is 0 Å². The van der Waals surface area contributed by atoms with E-state index in [2.05, 4.69) is 5.32 Å². The molecule has 1 atom stereocenters. The van der Waals surface area contributed by atoms with E-state index in [1.54, 1.807) is 19.2 Å². The third-order valence-corrected chi connectivity index (χ3v) is 2.36. The van der Waals surface area contributed by atoms with Crippen LogP contribution in [0, 0.1) is 5.82 Å². The molecule has 0 amide bonds. The summed E-state index contributed by atoms with van der Waals surface area (Å²) in [4.78, 5) is 0. The minimum atomic E-state index is -0.553. The van der Waals surface area contributed by atoms with Gasteiger partial charge in [0.2, 0.25) is 0 Å². The van der Waals surface area contributed by atoms with Crippen molar-refractivity contribution in [2.24, 2.45) is 0 Å². The van der Waals surface area contributed by atoms with Crippen molar-refractivity contribution in [1.29, 1.82) is 0 Å². The summed E-state index contributed by atoms with van der Waals surface area (Å²) in [5, 5.41) is 12.7. The summed E-state index contributed by atoms with van der Waals surface area (Å²) in [5.41, 5.74) is 0.976. The van der Waals surface area contributed by atoms with Gasteiger partial charge in [-0.25, -0.2) is 4.39 Å². The molecule has 0 aliphatic rings. The van der Waals surface area contributed by atoms with Crippen LogP contribution in [0.3, 0.4) is 0 Å². The minimum absolute atomic E-state index is 0.245. The second kappa shape index (κ2) is 8.99. The number of benzene rings is 1. The lowest BCUT2D eigenvalue weighted by atomic mass is 10.2. The highest BCUT2D eigenvalue weighted by Gasteiger charge is 2.03. The van der Waals surface area contributed by atoms with Crippen LogP contribution in [0.4, 0.5) is 4.39 Å². The molecule has 0 aliphatic carbocycles. The number of hydrogen-bond acceptors (Lipinski definition) is 4. The molecule has 1 aromatic rings. The van der Waals surface area contributed by atoms with Crippen LogP contribution in [0.1, 0.15) is 5.56 Å². The van der Waals surface area contributed by atoms with Gasteiger partial charge in [-0.15, -0.1) is 0 Å². The van der Waals surface area contributed by atoms with Gasteiger partial charge in [0.15, 0.2) is 0 Å². The number of rotatable bonds is 9. The zero-order valence-electron chi connectivity index (χ0n) is 10.6. The second-order valence-corrected chi connectivity index (χ2v) is 3.98. The molecule has 0 aromatic heterocycles. The quantitative estimate of drug-likeness (QED) is 0.646. The van der Waals surface area contributed by atoms with Crippen molar-refractivity contribution in [1.82, 2.24) is 5.32 Å². The molecule has 1 aromatic carbocycles. The monoisotopic (exact) mass is 257 g/mol. The van der Waals surface area contributed by atoms with Gasteiger partial charge >= 0.3 is 0 Å². The molecule has 0 radical (unpaired) electrons. The Balaban J connectivity index is 2.07. The van der Waals surface area contributed by atoms with Crippen molar-refractivity contribution >= 4 is 0 Å². The number of aliphatic hydroxyl groups is 1. The average Bonchev–Trinajstić information content (AvgIpc) is 2.37. The minimum Gasteiger partial charge on any atom is -0.389 e. The number of methoxy groups -OCH3 is 1. The number of aliphatic hydroxyl groups excluding tert-OH is 1. The van der Waals surface area contributed by atoms with E-state index in [0.29, 0.717) is 26.3 Å². The fourth-order valence-electron chi connectivity index (χ4n) is 1.41. The maximum Gasteiger partial charge on any atom is 0.123 e. The Labute approximate surface area is 107 Å². The fourth-order valence-corrected chi connectivity index (χ4v) is 1.41. The maximum atomic E-state index is 12.7.